The fraction of sp³-hybridized carbons (Fsp3) is 0. The molecule has 0 unspecified atom stereocenters. The standard InChI is InChI=1S/C3HCl3N4/c4-1-2(5)8-10-9-3(1)7-6/h(H,7,8,9). The highest BCUT2D eigenvalue weighted by molar-refractivity contribution is 6.43. The first-order chi connectivity index (χ1) is 4.75. The number of halogens is 3. The van der Waals surface area contributed by atoms with E-state index in [9.17, 15) is 0 Å². The second-order valence-corrected chi connectivity index (χ2v) is 2.26. The van der Waals surface area contributed by atoms with Crippen molar-refractivity contribution in [3.8, 4) is 0 Å². The molecule has 7 heteroatoms. The molecule has 1 N–H and O–H groups in total. The molecule has 0 aromatic carbocycles. The fourth-order valence-corrected chi connectivity index (χ4v) is 0.779. The van der Waals surface area contributed by atoms with E-state index in [0.717, 1.165) is 0 Å². The molecule has 0 atom stereocenters. The van der Waals surface area contributed by atoms with Gasteiger partial charge < -0.3 is 0 Å². The lowest BCUT2D eigenvalue weighted by Gasteiger charge is -1.96. The van der Waals surface area contributed by atoms with Crippen LogP contribution in [0, 0.1) is 0 Å². The highest BCUT2D eigenvalue weighted by Crippen LogP contribution is 2.24. The van der Waals surface area contributed by atoms with E-state index in [0.29, 0.717) is 0 Å². The van der Waals surface area contributed by atoms with Crippen LogP contribution in [0.4, 0.5) is 5.82 Å². The number of aromatic nitrogens is 3. The molecule has 0 bridgehead atoms. The van der Waals surface area contributed by atoms with Crippen LogP contribution in [-0.2, 0) is 0 Å². The predicted octanol–water partition coefficient (Wildman–Crippen LogP) is 1.74. The Morgan fingerprint density at radius 2 is 1.90 bits per heavy atom. The zero-order chi connectivity index (χ0) is 7.56. The highest BCUT2D eigenvalue weighted by atomic mass is 35.5. The molecule has 0 aliphatic heterocycles. The van der Waals surface area contributed by atoms with Crippen molar-refractivity contribution in [2.24, 2.45) is 0 Å². The van der Waals surface area contributed by atoms with E-state index in [1.807, 2.05) is 0 Å². The molecule has 0 saturated heterocycles. The third-order valence-corrected chi connectivity index (χ3v) is 1.65. The number of anilines is 1. The van der Waals surface area contributed by atoms with Gasteiger partial charge in [0, 0.05) is 11.8 Å². The molecule has 1 aromatic heterocycles. The summed E-state index contributed by atoms with van der Waals surface area (Å²) in [6.45, 7) is 0. The number of rotatable bonds is 1. The van der Waals surface area contributed by atoms with Crippen LogP contribution in [0.25, 0.3) is 0 Å². The molecular formula is C3HCl3N4. The quantitative estimate of drug-likeness (QED) is 0.700. The van der Waals surface area contributed by atoms with Gasteiger partial charge in [-0.15, -0.1) is 10.2 Å². The maximum Gasteiger partial charge on any atom is 0.186 e. The normalized spacial score (nSPS) is 9.50. The van der Waals surface area contributed by atoms with E-state index < -0.39 is 0 Å². The summed E-state index contributed by atoms with van der Waals surface area (Å²) >= 11 is 16.2. The first kappa shape index (κ1) is 7.78. The smallest absolute Gasteiger partial charge is 0.186 e. The minimum absolute atomic E-state index is 0.0693. The Kier molecular flexibility index (Phi) is 2.48. The molecule has 0 aliphatic rings. The number of hydrogen-bond acceptors (Lipinski definition) is 4. The van der Waals surface area contributed by atoms with Gasteiger partial charge in [0.1, 0.15) is 5.02 Å². The molecule has 1 rings (SSSR count). The van der Waals surface area contributed by atoms with Crippen LogP contribution in [0.3, 0.4) is 0 Å². The van der Waals surface area contributed by atoms with Crippen molar-refractivity contribution in [1.29, 1.82) is 0 Å². The molecule has 4 nitrogen and oxygen atoms in total. The second kappa shape index (κ2) is 3.18. The van der Waals surface area contributed by atoms with Gasteiger partial charge in [-0.05, 0) is 5.21 Å². The van der Waals surface area contributed by atoms with Gasteiger partial charge >= 0.3 is 0 Å². The Hall–Kier alpha value is -0.320. The number of nitrogens with zero attached hydrogens (tertiary/aromatic N) is 3. The van der Waals surface area contributed by atoms with Gasteiger partial charge in [0.05, 0.1) is 0 Å². The molecule has 0 radical (unpaired) electrons. The van der Waals surface area contributed by atoms with E-state index in [1.165, 1.54) is 0 Å². The largest absolute Gasteiger partial charge is 0.280 e. The third kappa shape index (κ3) is 1.39. The predicted molar refractivity (Wildman–Crippen MR) is 39.3 cm³/mol. The Labute approximate surface area is 71.6 Å². The monoisotopic (exact) mass is 198 g/mol. The second-order valence-electron chi connectivity index (χ2n) is 1.34. The van der Waals surface area contributed by atoms with Crippen LogP contribution in [0.5, 0.6) is 0 Å². The van der Waals surface area contributed by atoms with Crippen LogP contribution < -0.4 is 4.84 Å². The van der Waals surface area contributed by atoms with Crippen molar-refractivity contribution in [3.63, 3.8) is 0 Å². The average molecular weight is 199 g/mol. The lowest BCUT2D eigenvalue weighted by molar-refractivity contribution is 0.874. The maximum atomic E-state index is 5.55. The topological polar surface area (TPSA) is 50.7 Å². The Morgan fingerprint density at radius 1 is 1.20 bits per heavy atom. The third-order valence-electron chi connectivity index (χ3n) is 0.756. The van der Waals surface area contributed by atoms with Crippen molar-refractivity contribution < 1.29 is 0 Å². The summed E-state index contributed by atoms with van der Waals surface area (Å²) in [4.78, 5) is 2.18. The van der Waals surface area contributed by atoms with Crippen molar-refractivity contribution in [1.82, 2.24) is 15.4 Å². The average Bonchev–Trinajstić information content (AvgIpc) is 1.95. The van der Waals surface area contributed by atoms with E-state index in [4.69, 9.17) is 35.0 Å². The van der Waals surface area contributed by atoms with Crippen LogP contribution in [0.15, 0.2) is 0 Å². The number of nitrogens with one attached hydrogen (secondary N) is 1. The van der Waals surface area contributed by atoms with Crippen molar-refractivity contribution in [3.05, 3.63) is 10.2 Å². The van der Waals surface area contributed by atoms with Crippen LogP contribution in [0.2, 0.25) is 10.2 Å². The molecule has 0 amide bonds. The lowest BCUT2D eigenvalue weighted by Crippen LogP contribution is -1.94. The van der Waals surface area contributed by atoms with Gasteiger partial charge in [-0.1, -0.05) is 23.2 Å². The maximum absolute atomic E-state index is 5.55. The molecule has 54 valence electrons. The Balaban J connectivity index is 3.14. The molecule has 1 aromatic rings. The van der Waals surface area contributed by atoms with Crippen LogP contribution in [0.1, 0.15) is 0 Å². The molecular weight excluding hydrogens is 198 g/mol. The zero-order valence-corrected chi connectivity index (χ0v) is 6.74. The first-order valence-electron chi connectivity index (χ1n) is 2.16. The first-order valence-corrected chi connectivity index (χ1v) is 3.30. The van der Waals surface area contributed by atoms with E-state index >= 15 is 0 Å². The molecule has 0 saturated carbocycles. The minimum Gasteiger partial charge on any atom is -0.280 e. The van der Waals surface area contributed by atoms with E-state index in [-0.39, 0.29) is 16.0 Å². The summed E-state index contributed by atoms with van der Waals surface area (Å²) < 4.78 is 0. The van der Waals surface area contributed by atoms with E-state index in [1.54, 1.807) is 0 Å². The zero-order valence-electron chi connectivity index (χ0n) is 4.48. The summed E-state index contributed by atoms with van der Waals surface area (Å²) in [7, 11) is 0. The molecule has 1 heterocycles. The summed E-state index contributed by atoms with van der Waals surface area (Å²) in [6.07, 6.45) is 0. The summed E-state index contributed by atoms with van der Waals surface area (Å²) in [5.41, 5.74) is 0. The highest BCUT2D eigenvalue weighted by Gasteiger charge is 2.05. The van der Waals surface area contributed by atoms with Crippen molar-refractivity contribution in [2.45, 2.75) is 0 Å². The molecule has 0 aliphatic carbocycles. The minimum atomic E-state index is 0.0693. The summed E-state index contributed by atoms with van der Waals surface area (Å²) in [5, 5.41) is 10.3. The van der Waals surface area contributed by atoms with Crippen LogP contribution >= 0.6 is 35.0 Å². The molecule has 0 fully saturated rings. The SMILES string of the molecule is ClNc1nnnc(Cl)c1Cl. The van der Waals surface area contributed by atoms with Gasteiger partial charge in [-0.2, -0.15) is 0 Å². The molecule has 10 heavy (non-hydrogen) atoms. The fourth-order valence-electron chi connectivity index (χ4n) is 0.352. The van der Waals surface area contributed by atoms with Gasteiger partial charge in [0.2, 0.25) is 0 Å². The Morgan fingerprint density at radius 3 is 2.40 bits per heavy atom. The lowest BCUT2D eigenvalue weighted by atomic mass is 10.6. The Bertz CT molecular complexity index is 239. The van der Waals surface area contributed by atoms with Gasteiger partial charge in [0.15, 0.2) is 11.0 Å². The molecule has 0 spiro atoms. The van der Waals surface area contributed by atoms with Crippen LogP contribution in [-0.4, -0.2) is 15.4 Å². The number of hydrogen-bond donors (Lipinski definition) is 1. The van der Waals surface area contributed by atoms with Crippen molar-refractivity contribution in [2.75, 3.05) is 4.84 Å². The van der Waals surface area contributed by atoms with Crippen molar-refractivity contribution >= 4 is 40.8 Å². The van der Waals surface area contributed by atoms with Gasteiger partial charge in [-0.3, -0.25) is 4.84 Å². The summed E-state index contributed by atoms with van der Waals surface area (Å²) in [6, 6.07) is 0. The van der Waals surface area contributed by atoms with Gasteiger partial charge in [-0.25, -0.2) is 0 Å². The van der Waals surface area contributed by atoms with E-state index in [2.05, 4.69) is 20.2 Å². The summed E-state index contributed by atoms with van der Waals surface area (Å²) in [5.74, 6) is 0.198. The van der Waals surface area contributed by atoms with Gasteiger partial charge in [0.25, 0.3) is 0 Å².